The number of piperazine rings is 1. The summed E-state index contributed by atoms with van der Waals surface area (Å²) in [5.41, 5.74) is 8.01. The zero-order valence-corrected chi connectivity index (χ0v) is 14.7. The van der Waals surface area contributed by atoms with Gasteiger partial charge in [-0.2, -0.15) is 5.10 Å². The number of hydrogen-bond acceptors (Lipinski definition) is 7. The Bertz CT molecular complexity index is 611. The van der Waals surface area contributed by atoms with Gasteiger partial charge in [0.15, 0.2) is 0 Å². The number of nitrogens with two attached hydrogens (primary N) is 1. The fraction of sp³-hybridized carbons (Fsp3) is 0.467. The fourth-order valence-corrected chi connectivity index (χ4v) is 4.94. The molecule has 0 aromatic heterocycles. The Labute approximate surface area is 149 Å². The van der Waals surface area contributed by atoms with Gasteiger partial charge in [0, 0.05) is 31.9 Å². The van der Waals surface area contributed by atoms with Gasteiger partial charge in [0.1, 0.15) is 17.2 Å². The first-order valence-electron chi connectivity index (χ1n) is 7.74. The molecule has 0 bridgehead atoms. The second kappa shape index (κ2) is 8.19. The Morgan fingerprint density at radius 3 is 2.92 bits per heavy atom. The van der Waals surface area contributed by atoms with E-state index in [-0.39, 0.29) is 17.1 Å². The van der Waals surface area contributed by atoms with E-state index in [1.165, 1.54) is 29.8 Å². The highest BCUT2D eigenvalue weighted by Gasteiger charge is 2.39. The minimum atomic E-state index is -0.423. The second-order valence-corrected chi connectivity index (χ2v) is 7.44. The summed E-state index contributed by atoms with van der Waals surface area (Å²) in [7, 11) is 0. The number of hydrogen-bond donors (Lipinski definition) is 2. The Morgan fingerprint density at radius 2 is 2.21 bits per heavy atom. The summed E-state index contributed by atoms with van der Waals surface area (Å²) in [5.74, 6) is -0.129. The molecule has 3 rings (SSSR count). The van der Waals surface area contributed by atoms with Crippen LogP contribution < -0.4 is 11.1 Å². The van der Waals surface area contributed by atoms with E-state index in [9.17, 15) is 9.18 Å². The molecule has 1 amide bonds. The van der Waals surface area contributed by atoms with Crippen LogP contribution in [0.15, 0.2) is 29.4 Å². The van der Waals surface area contributed by atoms with E-state index in [2.05, 4.69) is 15.3 Å². The lowest BCUT2D eigenvalue weighted by Gasteiger charge is -2.37. The van der Waals surface area contributed by atoms with Gasteiger partial charge in [0.2, 0.25) is 5.91 Å². The minimum absolute atomic E-state index is 0.197. The second-order valence-electron chi connectivity index (χ2n) is 5.55. The Morgan fingerprint density at radius 1 is 1.46 bits per heavy atom. The molecular weight excluding hydrogens is 349 g/mol. The number of primary amides is 1. The number of halogens is 1. The molecule has 6 nitrogen and oxygen atoms in total. The van der Waals surface area contributed by atoms with Crippen molar-refractivity contribution in [2.75, 3.05) is 26.2 Å². The molecule has 0 aliphatic carbocycles. The van der Waals surface area contributed by atoms with Crippen LogP contribution in [0.1, 0.15) is 5.56 Å². The van der Waals surface area contributed by atoms with Crippen molar-refractivity contribution in [2.24, 2.45) is 10.8 Å². The average Bonchev–Trinajstić information content (AvgIpc) is 3.03. The lowest BCUT2D eigenvalue weighted by molar-refractivity contribution is -0.124. The maximum absolute atomic E-state index is 13.8. The van der Waals surface area contributed by atoms with Gasteiger partial charge in [-0.3, -0.25) is 9.69 Å². The molecule has 0 saturated carbocycles. The number of carbonyl (C=O) groups is 1. The van der Waals surface area contributed by atoms with Crippen molar-refractivity contribution in [1.82, 2.24) is 14.6 Å². The third-order valence-corrected chi connectivity index (χ3v) is 6.11. The largest absolute Gasteiger partial charge is 0.368 e. The van der Waals surface area contributed by atoms with Crippen LogP contribution in [0.25, 0.3) is 0 Å². The molecule has 0 spiro atoms. The lowest BCUT2D eigenvalue weighted by Crippen LogP contribution is -2.58. The number of nitrogens with zero attached hydrogens (tertiary/aromatic N) is 3. The molecular formula is C15H20FN5OS2. The Hall–Kier alpha value is -1.29. The number of amides is 1. The first kappa shape index (κ1) is 17.5. The van der Waals surface area contributed by atoms with E-state index in [0.29, 0.717) is 11.3 Å². The molecule has 2 heterocycles. The molecule has 3 N–H and O–H groups in total. The predicted molar refractivity (Wildman–Crippen MR) is 96.8 cm³/mol. The number of thioether (sulfide) groups is 1. The van der Waals surface area contributed by atoms with Gasteiger partial charge >= 0.3 is 0 Å². The van der Waals surface area contributed by atoms with Crippen LogP contribution in [0.5, 0.6) is 0 Å². The summed E-state index contributed by atoms with van der Waals surface area (Å²) in [6.45, 7) is 3.22. The molecule has 2 atom stereocenters. The summed E-state index contributed by atoms with van der Waals surface area (Å²) >= 11 is 2.87. The Kier molecular flexibility index (Phi) is 5.99. The van der Waals surface area contributed by atoms with Crippen molar-refractivity contribution in [1.29, 1.82) is 0 Å². The van der Waals surface area contributed by atoms with Crippen LogP contribution in [0.2, 0.25) is 0 Å². The minimum Gasteiger partial charge on any atom is -0.368 e. The van der Waals surface area contributed by atoms with Crippen LogP contribution in [-0.4, -0.2) is 58.4 Å². The molecule has 1 fully saturated rings. The third kappa shape index (κ3) is 4.02. The molecule has 2 aliphatic rings. The molecule has 1 aromatic rings. The molecule has 9 heteroatoms. The van der Waals surface area contributed by atoms with E-state index in [0.717, 1.165) is 26.2 Å². The highest BCUT2D eigenvalue weighted by molar-refractivity contribution is 8.13. The average molecular weight is 369 g/mol. The summed E-state index contributed by atoms with van der Waals surface area (Å²) in [6, 6.07) is 6.26. The van der Waals surface area contributed by atoms with Gasteiger partial charge < -0.3 is 11.1 Å². The fourth-order valence-electron chi connectivity index (χ4n) is 2.77. The molecule has 0 radical (unpaired) electrons. The van der Waals surface area contributed by atoms with Crippen LogP contribution in [0.3, 0.4) is 0 Å². The van der Waals surface area contributed by atoms with E-state index < -0.39 is 6.04 Å². The van der Waals surface area contributed by atoms with Gasteiger partial charge in [-0.25, -0.2) is 8.80 Å². The van der Waals surface area contributed by atoms with Gasteiger partial charge in [0.25, 0.3) is 0 Å². The molecule has 130 valence electrons. The van der Waals surface area contributed by atoms with E-state index in [1.807, 2.05) is 6.07 Å². The molecule has 24 heavy (non-hydrogen) atoms. The van der Waals surface area contributed by atoms with Crippen molar-refractivity contribution in [3.05, 3.63) is 35.6 Å². The number of hydrazone groups is 1. The van der Waals surface area contributed by atoms with E-state index in [1.54, 1.807) is 22.1 Å². The van der Waals surface area contributed by atoms with Crippen LogP contribution in [0, 0.1) is 5.82 Å². The molecule has 2 unspecified atom stereocenters. The molecule has 1 aromatic carbocycles. The summed E-state index contributed by atoms with van der Waals surface area (Å²) < 4.78 is 15.5. The summed E-state index contributed by atoms with van der Waals surface area (Å²) in [5, 5.41) is 7.40. The van der Waals surface area contributed by atoms with Crippen LogP contribution >= 0.6 is 23.7 Å². The van der Waals surface area contributed by atoms with Gasteiger partial charge in [-0.15, -0.1) is 0 Å². The van der Waals surface area contributed by atoms with E-state index >= 15 is 0 Å². The maximum atomic E-state index is 13.8. The molecule has 1 saturated heterocycles. The zero-order chi connectivity index (χ0) is 16.9. The van der Waals surface area contributed by atoms with Gasteiger partial charge in [-0.1, -0.05) is 30.0 Å². The van der Waals surface area contributed by atoms with Crippen molar-refractivity contribution in [3.63, 3.8) is 0 Å². The predicted octanol–water partition coefficient (Wildman–Crippen LogP) is 1.05. The standard InChI is InChI=1S/C15H20FN5OS2/c16-12-4-2-1-3-11(12)9-24-21-15(23-10-19-21)13(14(17)22)20-7-5-18-6-8-20/h1-4,10,13,15,18H,5-9H2,(H2,17,22). The number of nitrogens with one attached hydrogen (secondary N) is 1. The summed E-state index contributed by atoms with van der Waals surface area (Å²) in [6.07, 6.45) is 0. The van der Waals surface area contributed by atoms with Crippen molar-refractivity contribution in [2.45, 2.75) is 17.2 Å². The first-order valence-corrected chi connectivity index (χ1v) is 9.63. The van der Waals surface area contributed by atoms with Crippen molar-refractivity contribution in [3.8, 4) is 0 Å². The Balaban J connectivity index is 1.67. The quantitative estimate of drug-likeness (QED) is 0.731. The lowest BCUT2D eigenvalue weighted by atomic mass is 10.2. The maximum Gasteiger partial charge on any atom is 0.237 e. The molecule has 2 aliphatic heterocycles. The van der Waals surface area contributed by atoms with Crippen molar-refractivity contribution < 1.29 is 9.18 Å². The zero-order valence-electron chi connectivity index (χ0n) is 13.1. The van der Waals surface area contributed by atoms with Crippen LogP contribution in [-0.2, 0) is 10.5 Å². The van der Waals surface area contributed by atoms with Crippen LogP contribution in [0.4, 0.5) is 4.39 Å². The number of benzene rings is 1. The highest BCUT2D eigenvalue weighted by atomic mass is 32.2. The van der Waals surface area contributed by atoms with Gasteiger partial charge in [0.05, 0.1) is 5.55 Å². The van der Waals surface area contributed by atoms with Crippen molar-refractivity contribution >= 4 is 35.2 Å². The smallest absolute Gasteiger partial charge is 0.237 e. The normalized spacial score (nSPS) is 22.7. The topological polar surface area (TPSA) is 74.0 Å². The van der Waals surface area contributed by atoms with E-state index in [4.69, 9.17) is 5.73 Å². The number of carbonyl (C=O) groups excluding carboxylic acids is 1. The third-order valence-electron chi connectivity index (χ3n) is 4.00. The highest BCUT2D eigenvalue weighted by Crippen LogP contribution is 2.34. The van der Waals surface area contributed by atoms with Gasteiger partial charge in [-0.05, 0) is 23.6 Å². The monoisotopic (exact) mass is 369 g/mol. The summed E-state index contributed by atoms with van der Waals surface area (Å²) in [4.78, 5) is 14.2. The SMILES string of the molecule is NC(=O)C(C1SC=NN1SCc1ccccc1F)N1CCNCC1. The number of rotatable bonds is 6. The first-order chi connectivity index (χ1) is 11.7.